The van der Waals surface area contributed by atoms with Gasteiger partial charge in [-0.1, -0.05) is 35.3 Å². The number of nitrogens with one attached hydrogen (secondary N) is 1. The highest BCUT2D eigenvalue weighted by molar-refractivity contribution is 6.34. The number of hydrogen-bond acceptors (Lipinski definition) is 4. The van der Waals surface area contributed by atoms with Crippen molar-refractivity contribution >= 4 is 35.3 Å². The minimum Gasteiger partial charge on any atom is -0.493 e. The summed E-state index contributed by atoms with van der Waals surface area (Å²) in [5, 5.41) is 4.90. The van der Waals surface area contributed by atoms with Gasteiger partial charge in [0.1, 0.15) is 0 Å². The minimum absolute atomic E-state index is 0.203. The topological polar surface area (TPSA) is 59.9 Å². The van der Waals surface area contributed by atoms with Crippen molar-refractivity contribution in [2.24, 2.45) is 5.10 Å². The summed E-state index contributed by atoms with van der Waals surface area (Å²) in [5.41, 5.74) is 3.90. The van der Waals surface area contributed by atoms with Crippen molar-refractivity contribution in [1.82, 2.24) is 5.43 Å². The molecule has 0 saturated carbocycles. The van der Waals surface area contributed by atoms with E-state index in [1.165, 1.54) is 20.4 Å². The molecule has 0 aliphatic carbocycles. The second-order valence-electron chi connectivity index (χ2n) is 4.80. The Labute approximate surface area is 150 Å². The number of benzene rings is 2. The second kappa shape index (κ2) is 8.57. The zero-order chi connectivity index (χ0) is 17.5. The van der Waals surface area contributed by atoms with Crippen molar-refractivity contribution in [2.75, 3.05) is 14.2 Å². The van der Waals surface area contributed by atoms with Crippen LogP contribution in [0.2, 0.25) is 10.0 Å². The van der Waals surface area contributed by atoms with Gasteiger partial charge in [0.05, 0.1) is 31.9 Å². The first-order chi connectivity index (χ1) is 11.5. The van der Waals surface area contributed by atoms with Gasteiger partial charge in [0, 0.05) is 10.6 Å². The van der Waals surface area contributed by atoms with Gasteiger partial charge in [-0.3, -0.25) is 4.79 Å². The molecule has 7 heteroatoms. The average Bonchev–Trinajstić information content (AvgIpc) is 2.58. The Hall–Kier alpha value is -2.24. The van der Waals surface area contributed by atoms with E-state index < -0.39 is 0 Å². The number of rotatable bonds is 6. The van der Waals surface area contributed by atoms with E-state index >= 15 is 0 Å². The summed E-state index contributed by atoms with van der Waals surface area (Å²) in [4.78, 5) is 11.9. The summed E-state index contributed by atoms with van der Waals surface area (Å²) >= 11 is 12.0. The van der Waals surface area contributed by atoms with Gasteiger partial charge in [0.25, 0.3) is 0 Å². The SMILES string of the molecule is COc1ccc(/C=N\NC(=O)Cc2ccc(Cl)cc2)c(Cl)c1OC. The van der Waals surface area contributed by atoms with E-state index in [1.54, 1.807) is 36.4 Å². The standard InChI is InChI=1S/C17H16Cl2N2O3/c1-23-14-8-5-12(16(19)17(14)24-2)10-20-21-15(22)9-11-3-6-13(18)7-4-11/h3-8,10H,9H2,1-2H3,(H,21,22)/b20-10-. The molecule has 126 valence electrons. The molecule has 0 aliphatic rings. The van der Waals surface area contributed by atoms with Crippen LogP contribution in [-0.2, 0) is 11.2 Å². The van der Waals surface area contributed by atoms with Gasteiger partial charge in [0.2, 0.25) is 5.91 Å². The first-order valence-electron chi connectivity index (χ1n) is 7.02. The van der Waals surface area contributed by atoms with Gasteiger partial charge in [-0.15, -0.1) is 0 Å². The molecule has 0 radical (unpaired) electrons. The van der Waals surface area contributed by atoms with E-state index in [1.807, 2.05) is 0 Å². The molecule has 2 aromatic carbocycles. The third-order valence-electron chi connectivity index (χ3n) is 3.19. The summed E-state index contributed by atoms with van der Waals surface area (Å²) in [6.45, 7) is 0. The molecule has 1 N–H and O–H groups in total. The quantitative estimate of drug-likeness (QED) is 0.626. The molecular formula is C17H16Cl2N2O3. The van der Waals surface area contributed by atoms with Crippen molar-refractivity contribution in [3.8, 4) is 11.5 Å². The molecule has 0 spiro atoms. The molecule has 0 aromatic heterocycles. The van der Waals surface area contributed by atoms with E-state index in [-0.39, 0.29) is 12.3 Å². The van der Waals surface area contributed by atoms with Crippen molar-refractivity contribution < 1.29 is 14.3 Å². The third-order valence-corrected chi connectivity index (χ3v) is 3.83. The number of hydrazone groups is 1. The van der Waals surface area contributed by atoms with Crippen LogP contribution in [-0.4, -0.2) is 26.3 Å². The maximum atomic E-state index is 11.9. The molecule has 0 atom stereocenters. The van der Waals surface area contributed by atoms with Crippen molar-refractivity contribution in [2.45, 2.75) is 6.42 Å². The molecule has 0 heterocycles. The molecule has 1 amide bonds. The fourth-order valence-electron chi connectivity index (χ4n) is 2.01. The molecular weight excluding hydrogens is 351 g/mol. The lowest BCUT2D eigenvalue weighted by atomic mass is 10.1. The fourth-order valence-corrected chi connectivity index (χ4v) is 2.41. The first kappa shape index (κ1) is 18.1. The molecule has 0 unspecified atom stereocenters. The normalized spacial score (nSPS) is 10.7. The monoisotopic (exact) mass is 366 g/mol. The molecule has 2 aromatic rings. The Balaban J connectivity index is 2.01. The van der Waals surface area contributed by atoms with Crippen LogP contribution in [0.15, 0.2) is 41.5 Å². The largest absolute Gasteiger partial charge is 0.493 e. The van der Waals surface area contributed by atoms with E-state index in [4.69, 9.17) is 32.7 Å². The summed E-state index contributed by atoms with van der Waals surface area (Å²) in [5.74, 6) is 0.687. The number of hydrogen-bond donors (Lipinski definition) is 1. The van der Waals surface area contributed by atoms with Crippen LogP contribution < -0.4 is 14.9 Å². The van der Waals surface area contributed by atoms with E-state index in [0.29, 0.717) is 27.1 Å². The average molecular weight is 367 g/mol. The molecule has 0 aliphatic heterocycles. The molecule has 0 bridgehead atoms. The summed E-state index contributed by atoms with van der Waals surface area (Å²) in [6.07, 6.45) is 1.65. The summed E-state index contributed by atoms with van der Waals surface area (Å²) in [6, 6.07) is 10.5. The molecule has 0 saturated heterocycles. The molecule has 0 fully saturated rings. The smallest absolute Gasteiger partial charge is 0.244 e. The minimum atomic E-state index is -0.245. The fraction of sp³-hybridized carbons (Fsp3) is 0.176. The highest BCUT2D eigenvalue weighted by atomic mass is 35.5. The van der Waals surface area contributed by atoms with Crippen LogP contribution in [0.25, 0.3) is 0 Å². The predicted molar refractivity (Wildman–Crippen MR) is 95.4 cm³/mol. The maximum absolute atomic E-state index is 11.9. The lowest BCUT2D eigenvalue weighted by Gasteiger charge is -2.10. The lowest BCUT2D eigenvalue weighted by molar-refractivity contribution is -0.120. The Morgan fingerprint density at radius 1 is 1.12 bits per heavy atom. The highest BCUT2D eigenvalue weighted by Crippen LogP contribution is 2.36. The Bertz CT molecular complexity index is 746. The highest BCUT2D eigenvalue weighted by Gasteiger charge is 2.11. The molecule has 5 nitrogen and oxygen atoms in total. The number of carbonyl (C=O) groups is 1. The number of halogens is 2. The number of nitrogens with zero attached hydrogens (tertiary/aromatic N) is 1. The number of carbonyl (C=O) groups excluding carboxylic acids is 1. The van der Waals surface area contributed by atoms with Gasteiger partial charge in [-0.25, -0.2) is 5.43 Å². The first-order valence-corrected chi connectivity index (χ1v) is 7.77. The zero-order valence-corrected chi connectivity index (χ0v) is 14.7. The van der Waals surface area contributed by atoms with E-state index in [9.17, 15) is 4.79 Å². The Kier molecular flexibility index (Phi) is 6.46. The van der Waals surface area contributed by atoms with Crippen molar-refractivity contribution in [3.05, 3.63) is 57.6 Å². The Morgan fingerprint density at radius 2 is 1.83 bits per heavy atom. The van der Waals surface area contributed by atoms with Gasteiger partial charge in [0.15, 0.2) is 11.5 Å². The van der Waals surface area contributed by atoms with Crippen LogP contribution in [0.1, 0.15) is 11.1 Å². The van der Waals surface area contributed by atoms with Crippen LogP contribution in [0.5, 0.6) is 11.5 Å². The van der Waals surface area contributed by atoms with Crippen molar-refractivity contribution in [3.63, 3.8) is 0 Å². The number of ether oxygens (including phenoxy) is 2. The van der Waals surface area contributed by atoms with Gasteiger partial charge in [-0.2, -0.15) is 5.10 Å². The van der Waals surface area contributed by atoms with Gasteiger partial charge >= 0.3 is 0 Å². The van der Waals surface area contributed by atoms with Gasteiger partial charge < -0.3 is 9.47 Å². The number of amides is 1. The molecule has 24 heavy (non-hydrogen) atoms. The van der Waals surface area contributed by atoms with Crippen LogP contribution in [0.4, 0.5) is 0 Å². The van der Waals surface area contributed by atoms with E-state index in [2.05, 4.69) is 10.5 Å². The predicted octanol–water partition coefficient (Wildman–Crippen LogP) is 3.70. The second-order valence-corrected chi connectivity index (χ2v) is 5.62. The van der Waals surface area contributed by atoms with Crippen LogP contribution in [0.3, 0.4) is 0 Å². The molecule has 2 rings (SSSR count). The van der Waals surface area contributed by atoms with Gasteiger partial charge in [-0.05, 0) is 29.8 Å². The Morgan fingerprint density at radius 3 is 2.46 bits per heavy atom. The lowest BCUT2D eigenvalue weighted by Crippen LogP contribution is -2.19. The summed E-state index contributed by atoms with van der Waals surface area (Å²) < 4.78 is 10.4. The van der Waals surface area contributed by atoms with Crippen molar-refractivity contribution in [1.29, 1.82) is 0 Å². The van der Waals surface area contributed by atoms with E-state index in [0.717, 1.165) is 5.56 Å². The third kappa shape index (κ3) is 4.63. The van der Waals surface area contributed by atoms with Crippen LogP contribution >= 0.6 is 23.2 Å². The zero-order valence-electron chi connectivity index (χ0n) is 13.2. The summed E-state index contributed by atoms with van der Waals surface area (Å²) in [7, 11) is 3.03. The number of methoxy groups -OCH3 is 2. The maximum Gasteiger partial charge on any atom is 0.244 e. The van der Waals surface area contributed by atoms with Crippen LogP contribution in [0, 0.1) is 0 Å².